The molecule has 0 aromatic carbocycles. The lowest BCUT2D eigenvalue weighted by Crippen LogP contribution is -2.16. The van der Waals surface area contributed by atoms with E-state index in [9.17, 15) is 0 Å². The Morgan fingerprint density at radius 3 is 2.08 bits per heavy atom. The van der Waals surface area contributed by atoms with Crippen molar-refractivity contribution in [2.45, 2.75) is 33.5 Å². The molecule has 0 heterocycles. The maximum absolute atomic E-state index is 7.40. The molecule has 0 atom stereocenters. The molecule has 0 spiro atoms. The second kappa shape index (κ2) is 4.27. The normalized spacial score (nSPS) is 11.9. The van der Waals surface area contributed by atoms with Crippen molar-refractivity contribution in [2.24, 2.45) is 0 Å². The van der Waals surface area contributed by atoms with Gasteiger partial charge in [0.2, 0.25) is 0 Å². The van der Waals surface area contributed by atoms with Crippen LogP contribution in [-0.2, 0) is 0 Å². The van der Waals surface area contributed by atoms with Crippen molar-refractivity contribution in [3.8, 4) is 11.5 Å². The minimum Gasteiger partial charge on any atom is -0.304 e. The van der Waals surface area contributed by atoms with Crippen LogP contribution in [0, 0.1) is 16.9 Å². The van der Waals surface area contributed by atoms with Crippen molar-refractivity contribution < 1.29 is 0 Å². The molecule has 0 radical (unpaired) electrons. The van der Waals surface area contributed by atoms with Crippen molar-refractivity contribution in [3.63, 3.8) is 0 Å². The zero-order valence-electron chi connectivity index (χ0n) is 8.58. The molecule has 0 aliphatic rings. The van der Waals surface area contributed by atoms with Crippen molar-refractivity contribution in [1.29, 1.82) is 5.41 Å². The summed E-state index contributed by atoms with van der Waals surface area (Å²) in [4.78, 5) is 0. The largest absolute Gasteiger partial charge is 0.304 e. The predicted octanol–water partition coefficient (Wildman–Crippen LogP) is 2.85. The van der Waals surface area contributed by atoms with Crippen molar-refractivity contribution in [3.05, 3.63) is 11.6 Å². The van der Waals surface area contributed by atoms with Crippen LogP contribution in [-0.4, -0.2) is 13.8 Å². The molecule has 2 heteroatoms. The van der Waals surface area contributed by atoms with Gasteiger partial charge in [-0.25, -0.2) is 0 Å². The maximum atomic E-state index is 7.40. The summed E-state index contributed by atoms with van der Waals surface area (Å²) >= 11 is 0. The van der Waals surface area contributed by atoms with Crippen LogP contribution in [0.25, 0.3) is 0 Å². The Hall–Kier alpha value is -0.813. The number of nitrogens with one attached hydrogen (secondary N) is 1. The SMILES string of the molecule is C/C=C(\C#C[Si](C)(C)C)C(C)=N. The third-order valence-corrected chi connectivity index (χ3v) is 2.14. The van der Waals surface area contributed by atoms with Gasteiger partial charge in [-0.15, -0.1) is 5.54 Å². The van der Waals surface area contributed by atoms with Crippen molar-refractivity contribution >= 4 is 13.8 Å². The first-order valence-electron chi connectivity index (χ1n) is 4.12. The quantitative estimate of drug-likeness (QED) is 0.363. The molecule has 0 saturated carbocycles. The Labute approximate surface area is 76.4 Å². The van der Waals surface area contributed by atoms with Gasteiger partial charge in [-0.1, -0.05) is 31.6 Å². The van der Waals surface area contributed by atoms with Crippen LogP contribution in [0.15, 0.2) is 11.6 Å². The van der Waals surface area contributed by atoms with Crippen molar-refractivity contribution in [1.82, 2.24) is 0 Å². The summed E-state index contributed by atoms with van der Waals surface area (Å²) in [6, 6.07) is 0. The number of hydrogen-bond acceptors (Lipinski definition) is 1. The average molecular weight is 179 g/mol. The Morgan fingerprint density at radius 1 is 1.33 bits per heavy atom. The smallest absolute Gasteiger partial charge is 0.129 e. The molecule has 0 aliphatic carbocycles. The van der Waals surface area contributed by atoms with Gasteiger partial charge in [-0.3, -0.25) is 0 Å². The highest BCUT2D eigenvalue weighted by molar-refractivity contribution is 6.83. The third kappa shape index (κ3) is 4.92. The standard InChI is InChI=1S/C10H17NSi/c1-6-10(9(2)11)7-8-12(3,4)5/h6,11H,1-5H3/b10-6+,11-9?. The van der Waals surface area contributed by atoms with E-state index in [-0.39, 0.29) is 0 Å². The molecule has 0 aromatic heterocycles. The van der Waals surface area contributed by atoms with E-state index in [4.69, 9.17) is 5.41 Å². The van der Waals surface area contributed by atoms with Crippen LogP contribution >= 0.6 is 0 Å². The van der Waals surface area contributed by atoms with Crippen LogP contribution in [0.5, 0.6) is 0 Å². The fourth-order valence-corrected chi connectivity index (χ4v) is 1.15. The molecule has 12 heavy (non-hydrogen) atoms. The molecule has 0 aliphatic heterocycles. The number of rotatable bonds is 1. The molecule has 0 unspecified atom stereocenters. The summed E-state index contributed by atoms with van der Waals surface area (Å²) in [6.07, 6.45) is 1.90. The number of allylic oxidation sites excluding steroid dienone is 2. The highest BCUT2D eigenvalue weighted by Crippen LogP contribution is 1.99. The van der Waals surface area contributed by atoms with Crippen LogP contribution < -0.4 is 0 Å². The Morgan fingerprint density at radius 2 is 1.83 bits per heavy atom. The van der Waals surface area contributed by atoms with Gasteiger partial charge >= 0.3 is 0 Å². The zero-order chi connectivity index (χ0) is 9.78. The molecule has 66 valence electrons. The molecular weight excluding hydrogens is 162 g/mol. The summed E-state index contributed by atoms with van der Waals surface area (Å²) in [5.74, 6) is 3.06. The lowest BCUT2D eigenvalue weighted by atomic mass is 10.2. The minimum absolute atomic E-state index is 0.559. The molecule has 0 rings (SSSR count). The van der Waals surface area contributed by atoms with Crippen molar-refractivity contribution in [2.75, 3.05) is 0 Å². The van der Waals surface area contributed by atoms with Gasteiger partial charge in [0.1, 0.15) is 8.07 Å². The maximum Gasteiger partial charge on any atom is 0.129 e. The first kappa shape index (κ1) is 11.2. The molecule has 0 amide bonds. The van der Waals surface area contributed by atoms with Gasteiger partial charge in [-0.2, -0.15) is 0 Å². The average Bonchev–Trinajstić information content (AvgIpc) is 1.85. The van der Waals surface area contributed by atoms with E-state index in [2.05, 4.69) is 31.1 Å². The number of hydrogen-bond donors (Lipinski definition) is 1. The highest BCUT2D eigenvalue weighted by atomic mass is 28.3. The van der Waals surface area contributed by atoms with E-state index in [1.807, 2.05) is 13.0 Å². The molecule has 0 saturated heterocycles. The summed E-state index contributed by atoms with van der Waals surface area (Å²) in [5, 5.41) is 7.40. The van der Waals surface area contributed by atoms with Crippen LogP contribution in [0.3, 0.4) is 0 Å². The van der Waals surface area contributed by atoms with E-state index < -0.39 is 8.07 Å². The molecule has 0 bridgehead atoms. The van der Waals surface area contributed by atoms with E-state index >= 15 is 0 Å². The lowest BCUT2D eigenvalue weighted by molar-refractivity contribution is 1.47. The van der Waals surface area contributed by atoms with Gasteiger partial charge in [0.25, 0.3) is 0 Å². The molecule has 0 fully saturated rings. The zero-order valence-corrected chi connectivity index (χ0v) is 9.58. The van der Waals surface area contributed by atoms with Crippen LogP contribution in [0.2, 0.25) is 19.6 Å². The van der Waals surface area contributed by atoms with Gasteiger partial charge in [0.15, 0.2) is 0 Å². The molecular formula is C10H17NSi. The summed E-state index contributed by atoms with van der Waals surface area (Å²) in [7, 11) is -1.28. The summed E-state index contributed by atoms with van der Waals surface area (Å²) in [5.41, 5.74) is 4.65. The highest BCUT2D eigenvalue weighted by Gasteiger charge is 2.07. The first-order valence-corrected chi connectivity index (χ1v) is 7.62. The van der Waals surface area contributed by atoms with Gasteiger partial charge in [-0.05, 0) is 13.8 Å². The van der Waals surface area contributed by atoms with Crippen LogP contribution in [0.4, 0.5) is 0 Å². The van der Waals surface area contributed by atoms with E-state index in [1.165, 1.54) is 0 Å². The Kier molecular flexibility index (Phi) is 3.98. The van der Waals surface area contributed by atoms with Gasteiger partial charge < -0.3 is 5.41 Å². The Bertz CT molecular complexity index is 258. The van der Waals surface area contributed by atoms with Gasteiger partial charge in [0, 0.05) is 11.3 Å². The fourth-order valence-electron chi connectivity index (χ4n) is 0.637. The summed E-state index contributed by atoms with van der Waals surface area (Å²) in [6.45, 7) is 10.3. The topological polar surface area (TPSA) is 23.9 Å². The molecule has 1 nitrogen and oxygen atoms in total. The Balaban J connectivity index is 4.60. The first-order chi connectivity index (χ1) is 5.37. The summed E-state index contributed by atoms with van der Waals surface area (Å²) < 4.78 is 0. The second-order valence-electron chi connectivity index (χ2n) is 3.83. The minimum atomic E-state index is -1.28. The van der Waals surface area contributed by atoms with Gasteiger partial charge in [0.05, 0.1) is 0 Å². The second-order valence-corrected chi connectivity index (χ2v) is 8.58. The monoisotopic (exact) mass is 179 g/mol. The fraction of sp³-hybridized carbons (Fsp3) is 0.500. The van der Waals surface area contributed by atoms with E-state index in [0.717, 1.165) is 5.57 Å². The predicted molar refractivity (Wildman–Crippen MR) is 58.3 cm³/mol. The van der Waals surface area contributed by atoms with E-state index in [0.29, 0.717) is 5.71 Å². The molecule has 0 aromatic rings. The third-order valence-electron chi connectivity index (χ3n) is 1.26. The molecule has 1 N–H and O–H groups in total. The van der Waals surface area contributed by atoms with E-state index in [1.54, 1.807) is 6.92 Å². The van der Waals surface area contributed by atoms with Crippen LogP contribution in [0.1, 0.15) is 13.8 Å². The lowest BCUT2D eigenvalue weighted by Gasteiger charge is -2.03.